The van der Waals surface area contributed by atoms with Gasteiger partial charge in [0, 0.05) is 23.9 Å². The highest BCUT2D eigenvalue weighted by Crippen LogP contribution is 2.41. The molecule has 142 valence electrons. The molecular weight excluding hydrogens is 298 g/mol. The van der Waals surface area contributed by atoms with Crippen molar-refractivity contribution >= 4 is 5.97 Å². The van der Waals surface area contributed by atoms with Gasteiger partial charge in [-0.25, -0.2) is 0 Å². The lowest BCUT2D eigenvalue weighted by Gasteiger charge is -2.53. The summed E-state index contributed by atoms with van der Waals surface area (Å²) in [7, 11) is 2.18. The quantitative estimate of drug-likeness (QED) is 0.655. The van der Waals surface area contributed by atoms with Crippen molar-refractivity contribution in [3.8, 4) is 0 Å². The summed E-state index contributed by atoms with van der Waals surface area (Å²) in [5, 5.41) is 0. The van der Waals surface area contributed by atoms with Gasteiger partial charge in [0.15, 0.2) is 0 Å². The number of hydrogen-bond donors (Lipinski definition) is 0. The van der Waals surface area contributed by atoms with Crippen LogP contribution in [0.3, 0.4) is 0 Å². The molecule has 1 aliphatic rings. The molecule has 0 aliphatic carbocycles. The third-order valence-electron chi connectivity index (χ3n) is 5.70. The van der Waals surface area contributed by atoms with Crippen molar-refractivity contribution in [1.82, 2.24) is 4.90 Å². The van der Waals surface area contributed by atoms with Crippen LogP contribution in [0.15, 0.2) is 0 Å². The van der Waals surface area contributed by atoms with Gasteiger partial charge in [-0.1, -0.05) is 41.5 Å². The average molecular weight is 340 g/mol. The summed E-state index contributed by atoms with van der Waals surface area (Å²) in [4.78, 5) is 15.4. The van der Waals surface area contributed by atoms with Gasteiger partial charge in [0.25, 0.3) is 0 Å². The second kappa shape index (κ2) is 6.63. The Hall–Kier alpha value is -0.570. The molecule has 1 rings (SSSR count). The molecular formula is C21H41NO2. The Morgan fingerprint density at radius 1 is 1.04 bits per heavy atom. The van der Waals surface area contributed by atoms with E-state index in [9.17, 15) is 4.79 Å². The Morgan fingerprint density at radius 2 is 1.46 bits per heavy atom. The lowest BCUT2D eigenvalue weighted by atomic mass is 9.72. The molecule has 24 heavy (non-hydrogen) atoms. The van der Waals surface area contributed by atoms with Gasteiger partial charge in [-0.05, 0) is 52.0 Å². The minimum absolute atomic E-state index is 0.00326. The van der Waals surface area contributed by atoms with Gasteiger partial charge in [-0.2, -0.15) is 0 Å². The zero-order valence-electron chi connectivity index (χ0n) is 18.0. The van der Waals surface area contributed by atoms with Crippen molar-refractivity contribution in [3.05, 3.63) is 0 Å². The first-order valence-corrected chi connectivity index (χ1v) is 9.40. The number of carbonyl (C=O) groups excluding carboxylic acids is 1. The van der Waals surface area contributed by atoms with E-state index in [1.807, 2.05) is 0 Å². The first-order valence-electron chi connectivity index (χ1n) is 9.40. The molecule has 3 heteroatoms. The normalized spacial score (nSPS) is 23.8. The van der Waals surface area contributed by atoms with Crippen LogP contribution in [-0.4, -0.2) is 35.1 Å². The van der Waals surface area contributed by atoms with E-state index in [0.717, 1.165) is 19.3 Å². The number of nitrogens with zero attached hydrogens (tertiary/aromatic N) is 1. The lowest BCUT2D eigenvalue weighted by molar-refractivity contribution is -0.168. The van der Waals surface area contributed by atoms with Crippen molar-refractivity contribution in [2.45, 2.75) is 106 Å². The van der Waals surface area contributed by atoms with Crippen LogP contribution in [0, 0.1) is 16.7 Å². The average Bonchev–Trinajstić information content (AvgIpc) is 2.29. The van der Waals surface area contributed by atoms with Crippen molar-refractivity contribution in [3.63, 3.8) is 0 Å². The van der Waals surface area contributed by atoms with Gasteiger partial charge in [-0.3, -0.25) is 9.69 Å². The Bertz CT molecular complexity index is 433. The van der Waals surface area contributed by atoms with Crippen LogP contribution in [0.2, 0.25) is 0 Å². The maximum absolute atomic E-state index is 13.0. The van der Waals surface area contributed by atoms with E-state index in [-0.39, 0.29) is 39.9 Å². The molecule has 1 saturated heterocycles. The Labute approximate surface area is 150 Å². The number of ether oxygens (including phenoxy) is 1. The van der Waals surface area contributed by atoms with Crippen LogP contribution < -0.4 is 0 Å². The molecule has 0 saturated carbocycles. The third kappa shape index (κ3) is 5.47. The molecule has 0 spiro atoms. The SMILES string of the molecule is CN1C(C)(C)CC(OC(=O)C(CC(C)(C)C)C(C)(C)C)CC1(C)C. The third-order valence-corrected chi connectivity index (χ3v) is 5.70. The zero-order chi connectivity index (χ0) is 19.1. The fourth-order valence-corrected chi connectivity index (χ4v) is 3.96. The summed E-state index contributed by atoms with van der Waals surface area (Å²) in [6, 6.07) is 0. The largest absolute Gasteiger partial charge is 0.462 e. The number of rotatable bonds is 3. The molecule has 0 bridgehead atoms. The summed E-state index contributed by atoms with van der Waals surface area (Å²) in [6.45, 7) is 22.0. The van der Waals surface area contributed by atoms with E-state index in [1.54, 1.807) is 0 Å². The van der Waals surface area contributed by atoms with Crippen LogP contribution in [0.25, 0.3) is 0 Å². The fraction of sp³-hybridized carbons (Fsp3) is 0.952. The summed E-state index contributed by atoms with van der Waals surface area (Å²) < 4.78 is 6.08. The van der Waals surface area contributed by atoms with Crippen LogP contribution in [0.5, 0.6) is 0 Å². The number of likely N-dealkylation sites (tertiary alicyclic amines) is 1. The summed E-state index contributed by atoms with van der Waals surface area (Å²) in [6.07, 6.45) is 2.65. The molecule has 3 nitrogen and oxygen atoms in total. The smallest absolute Gasteiger partial charge is 0.309 e. The molecule has 1 atom stereocenters. The molecule has 1 fully saturated rings. The first kappa shape index (κ1) is 21.5. The molecule has 1 unspecified atom stereocenters. The van der Waals surface area contributed by atoms with Gasteiger partial charge in [0.2, 0.25) is 0 Å². The molecule has 0 amide bonds. The highest BCUT2D eigenvalue weighted by molar-refractivity contribution is 5.73. The molecule has 0 aromatic heterocycles. The molecule has 1 aliphatic heterocycles. The minimum Gasteiger partial charge on any atom is -0.462 e. The van der Waals surface area contributed by atoms with E-state index in [1.165, 1.54) is 0 Å². The van der Waals surface area contributed by atoms with E-state index < -0.39 is 0 Å². The molecule has 1 heterocycles. The van der Waals surface area contributed by atoms with E-state index in [2.05, 4.69) is 81.2 Å². The van der Waals surface area contributed by atoms with Gasteiger partial charge >= 0.3 is 5.97 Å². The molecule has 0 aromatic carbocycles. The van der Waals surface area contributed by atoms with E-state index in [4.69, 9.17) is 4.74 Å². The number of carbonyl (C=O) groups is 1. The van der Waals surface area contributed by atoms with Crippen molar-refractivity contribution in [1.29, 1.82) is 0 Å². The van der Waals surface area contributed by atoms with Crippen LogP contribution in [-0.2, 0) is 9.53 Å². The maximum Gasteiger partial charge on any atom is 0.309 e. The first-order chi connectivity index (χ1) is 10.5. The summed E-state index contributed by atoms with van der Waals surface area (Å²) in [5.41, 5.74) is 0.102. The predicted octanol–water partition coefficient (Wildman–Crippen LogP) is 5.28. The Balaban J connectivity index is 2.91. The van der Waals surface area contributed by atoms with Crippen LogP contribution >= 0.6 is 0 Å². The molecule has 0 aromatic rings. The monoisotopic (exact) mass is 339 g/mol. The van der Waals surface area contributed by atoms with Gasteiger partial charge in [0.05, 0.1) is 5.92 Å². The van der Waals surface area contributed by atoms with Crippen LogP contribution in [0.4, 0.5) is 0 Å². The summed E-state index contributed by atoms with van der Waals surface area (Å²) in [5.74, 6) is -0.0815. The summed E-state index contributed by atoms with van der Waals surface area (Å²) >= 11 is 0. The second-order valence-electron chi connectivity index (χ2n) is 11.3. The van der Waals surface area contributed by atoms with Crippen molar-refractivity contribution < 1.29 is 9.53 Å². The molecule has 0 N–H and O–H groups in total. The fourth-order valence-electron chi connectivity index (χ4n) is 3.96. The number of piperidine rings is 1. The Morgan fingerprint density at radius 3 is 1.79 bits per heavy atom. The zero-order valence-corrected chi connectivity index (χ0v) is 18.0. The highest BCUT2D eigenvalue weighted by atomic mass is 16.5. The molecule has 0 radical (unpaired) electrons. The van der Waals surface area contributed by atoms with Gasteiger partial charge in [0.1, 0.15) is 6.10 Å². The van der Waals surface area contributed by atoms with Crippen LogP contribution in [0.1, 0.15) is 88.5 Å². The van der Waals surface area contributed by atoms with Crippen molar-refractivity contribution in [2.75, 3.05) is 7.05 Å². The van der Waals surface area contributed by atoms with Crippen molar-refractivity contribution in [2.24, 2.45) is 16.7 Å². The number of esters is 1. The van der Waals surface area contributed by atoms with E-state index >= 15 is 0 Å². The lowest BCUT2D eigenvalue weighted by Crippen LogP contribution is -2.60. The number of hydrogen-bond acceptors (Lipinski definition) is 3. The predicted molar refractivity (Wildman–Crippen MR) is 102 cm³/mol. The minimum atomic E-state index is -0.0825. The second-order valence-corrected chi connectivity index (χ2v) is 11.3. The Kier molecular flexibility index (Phi) is 5.93. The van der Waals surface area contributed by atoms with Gasteiger partial charge < -0.3 is 4.74 Å². The topological polar surface area (TPSA) is 29.5 Å². The standard InChI is InChI=1S/C21H41NO2/c1-18(2,3)14-16(19(4,5)6)17(23)24-15-12-20(7,8)22(11)21(9,10)13-15/h15-16H,12-14H2,1-11H3. The highest BCUT2D eigenvalue weighted by Gasteiger charge is 2.45. The maximum atomic E-state index is 13.0. The van der Waals surface area contributed by atoms with Gasteiger partial charge in [-0.15, -0.1) is 0 Å². The van der Waals surface area contributed by atoms with E-state index in [0.29, 0.717) is 0 Å².